The van der Waals surface area contributed by atoms with Gasteiger partial charge in [0.05, 0.1) is 0 Å². The lowest BCUT2D eigenvalue weighted by Crippen LogP contribution is -2.35. The maximum atomic E-state index is 11.8. The van der Waals surface area contributed by atoms with E-state index in [2.05, 4.69) is 0 Å². The molecule has 0 aromatic rings. The summed E-state index contributed by atoms with van der Waals surface area (Å²) in [4.78, 5) is 34.4. The van der Waals surface area contributed by atoms with Gasteiger partial charge in [0.2, 0.25) is 0 Å². The third kappa shape index (κ3) is 6.65. The third-order valence-corrected chi connectivity index (χ3v) is 3.16. The summed E-state index contributed by atoms with van der Waals surface area (Å²) in [7, 11) is 0. The first-order valence-corrected chi connectivity index (χ1v) is 7.40. The summed E-state index contributed by atoms with van der Waals surface area (Å²) >= 11 is 0. The summed E-state index contributed by atoms with van der Waals surface area (Å²) in [6, 6.07) is 0. The van der Waals surface area contributed by atoms with Crippen LogP contribution in [0.5, 0.6) is 0 Å². The molecule has 0 aliphatic carbocycles. The molecule has 0 unspecified atom stereocenters. The topological polar surface area (TPSA) is 99.1 Å². The van der Waals surface area contributed by atoms with Gasteiger partial charge in [0.1, 0.15) is 18.3 Å². The Bertz CT molecular complexity index is 495. The highest BCUT2D eigenvalue weighted by Gasteiger charge is 2.27. The number of allylic oxidation sites excluding steroid dienone is 1. The van der Waals surface area contributed by atoms with Crippen LogP contribution in [0.2, 0.25) is 0 Å². The first kappa shape index (κ1) is 18.9. The molecule has 7 heteroatoms. The molecule has 0 radical (unpaired) electrons. The molecule has 1 aliphatic heterocycles. The fourth-order valence-corrected chi connectivity index (χ4v) is 2.05. The van der Waals surface area contributed by atoms with E-state index >= 15 is 0 Å². The molecular formula is C16H22O7. The highest BCUT2D eigenvalue weighted by Crippen LogP contribution is 2.16. The second kappa shape index (κ2) is 9.09. The second-order valence-electron chi connectivity index (χ2n) is 5.16. The van der Waals surface area contributed by atoms with Crippen molar-refractivity contribution in [3.63, 3.8) is 0 Å². The molecule has 0 saturated heterocycles. The monoisotopic (exact) mass is 326 g/mol. The van der Waals surface area contributed by atoms with E-state index in [1.54, 1.807) is 13.8 Å². The highest BCUT2D eigenvalue weighted by molar-refractivity contribution is 5.82. The summed E-state index contributed by atoms with van der Waals surface area (Å²) in [5, 5.41) is 10.1. The minimum absolute atomic E-state index is 0.0251. The number of esters is 3. The number of aliphatic hydroxyl groups is 1. The molecule has 7 nitrogen and oxygen atoms in total. The first-order valence-electron chi connectivity index (χ1n) is 7.40. The van der Waals surface area contributed by atoms with Gasteiger partial charge in [-0.05, 0) is 26.3 Å². The van der Waals surface area contributed by atoms with Gasteiger partial charge in [-0.2, -0.15) is 0 Å². The normalized spacial score (nSPS) is 30.3. The molecule has 0 amide bonds. The van der Waals surface area contributed by atoms with Crippen LogP contribution in [0.1, 0.15) is 33.6 Å². The molecule has 0 aromatic heterocycles. The summed E-state index contributed by atoms with van der Waals surface area (Å²) < 4.78 is 15.4. The van der Waals surface area contributed by atoms with Crippen LogP contribution >= 0.6 is 0 Å². The van der Waals surface area contributed by atoms with Crippen LogP contribution in [0.3, 0.4) is 0 Å². The van der Waals surface area contributed by atoms with E-state index in [1.165, 1.54) is 31.2 Å². The lowest BCUT2D eigenvalue weighted by Gasteiger charge is -2.25. The molecule has 4 atom stereocenters. The van der Waals surface area contributed by atoms with E-state index < -0.39 is 42.3 Å². The highest BCUT2D eigenvalue weighted by atomic mass is 16.6. The number of hydrogen-bond donors (Lipinski definition) is 1. The Balaban J connectivity index is 2.93. The van der Waals surface area contributed by atoms with E-state index in [-0.39, 0.29) is 12.8 Å². The average molecular weight is 326 g/mol. The number of rotatable bonds is 3. The van der Waals surface area contributed by atoms with Crippen molar-refractivity contribution in [2.75, 3.05) is 0 Å². The van der Waals surface area contributed by atoms with E-state index in [1.807, 2.05) is 0 Å². The standard InChI is InChI=1S/C16H22O7/c1-4-5-15(19)23-13-7-6-12(18)14(22-11(3)17)8-9-16(20)21-10(13)2/h4-7,10,12-14,18H,8-9H2,1-3H3/b5-4+,7-6-/t10-,12-,13+,14+/m0/s1. The predicted molar refractivity (Wildman–Crippen MR) is 80.2 cm³/mol. The second-order valence-corrected chi connectivity index (χ2v) is 5.16. The van der Waals surface area contributed by atoms with Gasteiger partial charge in [0.25, 0.3) is 0 Å². The average Bonchev–Trinajstić information content (AvgIpc) is 2.46. The van der Waals surface area contributed by atoms with Crippen molar-refractivity contribution in [1.82, 2.24) is 0 Å². The number of hydrogen-bond acceptors (Lipinski definition) is 7. The molecule has 1 rings (SSSR count). The lowest BCUT2D eigenvalue weighted by atomic mass is 10.0. The van der Waals surface area contributed by atoms with Crippen LogP contribution in [0, 0.1) is 0 Å². The molecule has 0 aromatic carbocycles. The minimum atomic E-state index is -1.11. The van der Waals surface area contributed by atoms with Gasteiger partial charge >= 0.3 is 17.9 Å². The molecular weight excluding hydrogens is 304 g/mol. The summed E-state index contributed by atoms with van der Waals surface area (Å²) in [5.74, 6) is -1.67. The summed E-state index contributed by atoms with van der Waals surface area (Å²) in [5.41, 5.74) is 0. The van der Waals surface area contributed by atoms with Gasteiger partial charge in [0.15, 0.2) is 6.10 Å². The van der Waals surface area contributed by atoms with Crippen LogP contribution < -0.4 is 0 Å². The van der Waals surface area contributed by atoms with Crippen molar-refractivity contribution in [2.45, 2.75) is 58.0 Å². The molecule has 1 N–H and O–H groups in total. The Hall–Kier alpha value is -2.15. The maximum absolute atomic E-state index is 11.8. The number of ether oxygens (including phenoxy) is 3. The predicted octanol–water partition coefficient (Wildman–Crippen LogP) is 1.05. The van der Waals surface area contributed by atoms with Crippen molar-refractivity contribution in [1.29, 1.82) is 0 Å². The zero-order chi connectivity index (χ0) is 17.4. The van der Waals surface area contributed by atoms with Crippen LogP contribution in [0.4, 0.5) is 0 Å². The number of carbonyl (C=O) groups is 3. The Morgan fingerprint density at radius 3 is 2.65 bits per heavy atom. The third-order valence-electron chi connectivity index (χ3n) is 3.16. The molecule has 23 heavy (non-hydrogen) atoms. The van der Waals surface area contributed by atoms with E-state index in [0.29, 0.717) is 0 Å². The van der Waals surface area contributed by atoms with Crippen LogP contribution in [0.25, 0.3) is 0 Å². The van der Waals surface area contributed by atoms with Crippen molar-refractivity contribution in [3.8, 4) is 0 Å². The molecule has 1 heterocycles. The zero-order valence-corrected chi connectivity index (χ0v) is 13.4. The van der Waals surface area contributed by atoms with Crippen LogP contribution in [0.15, 0.2) is 24.3 Å². The number of aliphatic hydroxyl groups excluding tert-OH is 1. The maximum Gasteiger partial charge on any atom is 0.331 e. The van der Waals surface area contributed by atoms with E-state index in [4.69, 9.17) is 14.2 Å². The fourth-order valence-electron chi connectivity index (χ4n) is 2.05. The minimum Gasteiger partial charge on any atom is -0.459 e. The van der Waals surface area contributed by atoms with E-state index in [9.17, 15) is 19.5 Å². The van der Waals surface area contributed by atoms with Gasteiger partial charge in [-0.3, -0.25) is 9.59 Å². The van der Waals surface area contributed by atoms with Gasteiger partial charge in [-0.25, -0.2) is 4.79 Å². The zero-order valence-electron chi connectivity index (χ0n) is 13.4. The largest absolute Gasteiger partial charge is 0.459 e. The smallest absolute Gasteiger partial charge is 0.331 e. The molecule has 0 bridgehead atoms. The van der Waals surface area contributed by atoms with Crippen LogP contribution in [-0.4, -0.2) is 47.4 Å². The Labute approximate surface area is 134 Å². The molecule has 128 valence electrons. The summed E-state index contributed by atoms with van der Waals surface area (Å²) in [6.07, 6.45) is 2.13. The van der Waals surface area contributed by atoms with Gasteiger partial charge in [-0.1, -0.05) is 12.2 Å². The molecule has 0 spiro atoms. The van der Waals surface area contributed by atoms with E-state index in [0.717, 1.165) is 0 Å². The van der Waals surface area contributed by atoms with Crippen molar-refractivity contribution >= 4 is 17.9 Å². The number of carbonyl (C=O) groups excluding carboxylic acids is 3. The first-order chi connectivity index (χ1) is 10.8. The molecule has 1 aliphatic rings. The fraction of sp³-hybridized carbons (Fsp3) is 0.562. The van der Waals surface area contributed by atoms with Gasteiger partial charge in [0, 0.05) is 19.4 Å². The SMILES string of the molecule is C/C=C/C(=O)O[C@@H]1/C=C\[C@H](O)[C@H](OC(C)=O)CCC(=O)O[C@H]1C. The van der Waals surface area contributed by atoms with Crippen molar-refractivity contribution < 1.29 is 33.7 Å². The Kier molecular flexibility index (Phi) is 7.47. The quantitative estimate of drug-likeness (QED) is 0.358. The Morgan fingerprint density at radius 2 is 2.04 bits per heavy atom. The van der Waals surface area contributed by atoms with Gasteiger partial charge < -0.3 is 19.3 Å². The van der Waals surface area contributed by atoms with Gasteiger partial charge in [-0.15, -0.1) is 0 Å². The molecule has 0 saturated carbocycles. The number of cyclic esters (lactones) is 1. The molecule has 0 fully saturated rings. The summed E-state index contributed by atoms with van der Waals surface area (Å²) in [6.45, 7) is 4.48. The lowest BCUT2D eigenvalue weighted by molar-refractivity contribution is -0.163. The van der Waals surface area contributed by atoms with Crippen LogP contribution in [-0.2, 0) is 28.6 Å². The van der Waals surface area contributed by atoms with Crippen molar-refractivity contribution in [2.24, 2.45) is 0 Å². The van der Waals surface area contributed by atoms with Crippen molar-refractivity contribution in [3.05, 3.63) is 24.3 Å². The Morgan fingerprint density at radius 1 is 1.35 bits per heavy atom.